The van der Waals surface area contributed by atoms with Crippen molar-refractivity contribution < 1.29 is 28.2 Å². The molecule has 1 unspecified atom stereocenters. The Kier molecular flexibility index (Phi) is 6.61. The van der Waals surface area contributed by atoms with Crippen LogP contribution in [-0.2, 0) is 16.1 Å². The zero-order valence-electron chi connectivity index (χ0n) is 20.5. The van der Waals surface area contributed by atoms with Crippen LogP contribution in [0.3, 0.4) is 0 Å². The average Bonchev–Trinajstić information content (AvgIpc) is 3.20. The van der Waals surface area contributed by atoms with E-state index < -0.39 is 23.7 Å². The highest BCUT2D eigenvalue weighted by Crippen LogP contribution is 2.40. The molecule has 2 amide bonds. The van der Waals surface area contributed by atoms with Crippen molar-refractivity contribution in [3.8, 4) is 11.1 Å². The number of hydrogen-bond acceptors (Lipinski definition) is 5. The van der Waals surface area contributed by atoms with Crippen molar-refractivity contribution in [3.05, 3.63) is 30.6 Å². The summed E-state index contributed by atoms with van der Waals surface area (Å²) in [5.41, 5.74) is 1.72. The summed E-state index contributed by atoms with van der Waals surface area (Å²) in [5.74, 6) is -2.85. The molecule has 190 valence electrons. The second-order valence-corrected chi connectivity index (χ2v) is 10.2. The molecule has 1 aromatic carbocycles. The van der Waals surface area contributed by atoms with E-state index in [0.29, 0.717) is 17.9 Å². The van der Waals surface area contributed by atoms with E-state index in [0.717, 1.165) is 11.1 Å². The highest BCUT2D eigenvalue weighted by atomic mass is 19.3. The SMILES string of the molecule is CC(=O)N1c2ccc(-c3cnn(CC(C)(C)O)c3)cc2N(C(=O)OC2CCC(F)(F)CC2)CC1C. The van der Waals surface area contributed by atoms with Gasteiger partial charge in [0, 0.05) is 38.1 Å². The van der Waals surface area contributed by atoms with Crippen molar-refractivity contribution in [3.63, 3.8) is 0 Å². The van der Waals surface area contributed by atoms with Crippen LogP contribution >= 0.6 is 0 Å². The average molecular weight is 491 g/mol. The minimum absolute atomic E-state index is 0.120. The van der Waals surface area contributed by atoms with Gasteiger partial charge in [-0.05, 0) is 51.3 Å². The Morgan fingerprint density at radius 2 is 1.89 bits per heavy atom. The van der Waals surface area contributed by atoms with E-state index in [9.17, 15) is 23.5 Å². The Labute approximate surface area is 203 Å². The minimum Gasteiger partial charge on any atom is -0.446 e. The highest BCUT2D eigenvalue weighted by molar-refractivity contribution is 6.03. The molecule has 1 fully saturated rings. The predicted molar refractivity (Wildman–Crippen MR) is 128 cm³/mol. The van der Waals surface area contributed by atoms with Crippen molar-refractivity contribution in [1.29, 1.82) is 0 Å². The first-order valence-electron chi connectivity index (χ1n) is 11.9. The van der Waals surface area contributed by atoms with Gasteiger partial charge in [-0.25, -0.2) is 13.6 Å². The molecule has 8 nitrogen and oxygen atoms in total. The molecule has 10 heteroatoms. The monoisotopic (exact) mass is 490 g/mol. The first kappa shape index (κ1) is 25.1. The van der Waals surface area contributed by atoms with Gasteiger partial charge >= 0.3 is 6.09 Å². The van der Waals surface area contributed by atoms with Crippen LogP contribution in [0.1, 0.15) is 53.4 Å². The topological polar surface area (TPSA) is 87.9 Å². The first-order valence-corrected chi connectivity index (χ1v) is 11.9. The summed E-state index contributed by atoms with van der Waals surface area (Å²) >= 11 is 0. The Morgan fingerprint density at radius 3 is 2.51 bits per heavy atom. The number of nitrogens with zero attached hydrogens (tertiary/aromatic N) is 4. The molecular formula is C25H32F2N4O4. The molecule has 35 heavy (non-hydrogen) atoms. The largest absolute Gasteiger partial charge is 0.446 e. The fourth-order valence-electron chi connectivity index (χ4n) is 4.79. The lowest BCUT2D eigenvalue weighted by atomic mass is 9.94. The predicted octanol–water partition coefficient (Wildman–Crippen LogP) is 4.60. The van der Waals surface area contributed by atoms with E-state index in [-0.39, 0.29) is 44.2 Å². The summed E-state index contributed by atoms with van der Waals surface area (Å²) in [6.45, 7) is 7.25. The maximum absolute atomic E-state index is 13.5. The number of alkyl halides is 2. The normalized spacial score (nSPS) is 20.5. The number of amides is 2. The van der Waals surface area contributed by atoms with Gasteiger partial charge < -0.3 is 14.7 Å². The van der Waals surface area contributed by atoms with Crippen LogP contribution in [0, 0.1) is 0 Å². The lowest BCUT2D eigenvalue weighted by Gasteiger charge is -2.41. The summed E-state index contributed by atoms with van der Waals surface area (Å²) in [6, 6.07) is 5.16. The lowest BCUT2D eigenvalue weighted by molar-refractivity contribution is -0.117. The van der Waals surface area contributed by atoms with Gasteiger partial charge in [-0.1, -0.05) is 6.07 Å². The van der Waals surface area contributed by atoms with Gasteiger partial charge in [-0.15, -0.1) is 0 Å². The molecule has 1 aliphatic heterocycles. The molecule has 2 aromatic rings. The van der Waals surface area contributed by atoms with Crippen LogP contribution in [0.4, 0.5) is 25.0 Å². The second-order valence-electron chi connectivity index (χ2n) is 10.2. The number of halogens is 2. The number of ether oxygens (including phenoxy) is 1. The Balaban J connectivity index is 1.63. The summed E-state index contributed by atoms with van der Waals surface area (Å²) < 4.78 is 34.3. The number of benzene rings is 1. The summed E-state index contributed by atoms with van der Waals surface area (Å²) in [7, 11) is 0. The van der Waals surface area contributed by atoms with Gasteiger partial charge in [0.05, 0.1) is 35.8 Å². The Bertz CT molecular complexity index is 1100. The maximum Gasteiger partial charge on any atom is 0.414 e. The number of fused-ring (bicyclic) bond motifs is 1. The Morgan fingerprint density at radius 1 is 1.20 bits per heavy atom. The van der Waals surface area contributed by atoms with Gasteiger partial charge in [-0.3, -0.25) is 14.4 Å². The van der Waals surface area contributed by atoms with Crippen LogP contribution in [-0.4, -0.2) is 57.1 Å². The van der Waals surface area contributed by atoms with E-state index >= 15 is 0 Å². The number of aliphatic hydroxyl groups is 1. The van der Waals surface area contributed by atoms with Crippen LogP contribution in [0.2, 0.25) is 0 Å². The molecule has 0 radical (unpaired) electrons. The molecular weight excluding hydrogens is 458 g/mol. The fraction of sp³-hybridized carbons (Fsp3) is 0.560. The van der Waals surface area contributed by atoms with Crippen LogP contribution < -0.4 is 9.80 Å². The number of aromatic nitrogens is 2. The van der Waals surface area contributed by atoms with Crippen LogP contribution in [0.5, 0.6) is 0 Å². The second kappa shape index (κ2) is 9.22. The number of hydrogen-bond donors (Lipinski definition) is 1. The van der Waals surface area contributed by atoms with Crippen molar-refractivity contribution in [2.24, 2.45) is 0 Å². The summed E-state index contributed by atoms with van der Waals surface area (Å²) in [4.78, 5) is 28.7. The molecule has 0 saturated heterocycles. The third-order valence-corrected chi connectivity index (χ3v) is 6.42. The van der Waals surface area contributed by atoms with E-state index in [1.807, 2.05) is 13.0 Å². The van der Waals surface area contributed by atoms with Gasteiger partial charge in [0.1, 0.15) is 6.10 Å². The molecule has 0 spiro atoms. The van der Waals surface area contributed by atoms with Gasteiger partial charge in [0.25, 0.3) is 0 Å². The molecule has 1 aromatic heterocycles. The van der Waals surface area contributed by atoms with Crippen LogP contribution in [0.25, 0.3) is 11.1 Å². The highest BCUT2D eigenvalue weighted by Gasteiger charge is 2.39. The molecule has 2 heterocycles. The third-order valence-electron chi connectivity index (χ3n) is 6.42. The zero-order chi connectivity index (χ0) is 25.5. The molecule has 4 rings (SSSR count). The van der Waals surface area contributed by atoms with Crippen LogP contribution in [0.15, 0.2) is 30.6 Å². The number of anilines is 2. The first-order chi connectivity index (χ1) is 16.3. The van der Waals surface area contributed by atoms with Crippen molar-refractivity contribution >= 4 is 23.4 Å². The summed E-state index contributed by atoms with van der Waals surface area (Å²) in [6.07, 6.45) is 1.96. The number of carbonyl (C=O) groups excluding carboxylic acids is 2. The number of carbonyl (C=O) groups is 2. The van der Waals surface area contributed by atoms with E-state index in [1.54, 1.807) is 48.0 Å². The van der Waals surface area contributed by atoms with Gasteiger partial charge in [0.15, 0.2) is 0 Å². The van der Waals surface area contributed by atoms with Crippen molar-refractivity contribution in [2.75, 3.05) is 16.3 Å². The minimum atomic E-state index is -2.71. The van der Waals surface area contributed by atoms with Crippen molar-refractivity contribution in [1.82, 2.24) is 9.78 Å². The Hall–Kier alpha value is -3.01. The lowest BCUT2D eigenvalue weighted by Crippen LogP contribution is -2.52. The number of rotatable bonds is 4. The smallest absolute Gasteiger partial charge is 0.414 e. The fourth-order valence-corrected chi connectivity index (χ4v) is 4.79. The van der Waals surface area contributed by atoms with E-state index in [4.69, 9.17) is 4.74 Å². The molecule has 1 atom stereocenters. The van der Waals surface area contributed by atoms with Gasteiger partial charge in [-0.2, -0.15) is 5.10 Å². The maximum atomic E-state index is 13.5. The zero-order valence-corrected chi connectivity index (χ0v) is 20.5. The molecule has 1 aliphatic carbocycles. The molecule has 1 saturated carbocycles. The van der Waals surface area contributed by atoms with E-state index in [2.05, 4.69) is 5.10 Å². The molecule has 1 N–H and O–H groups in total. The molecule has 0 bridgehead atoms. The standard InChI is InChI=1S/C25H32F2N4O4/c1-16-13-30(23(33)35-20-7-9-25(26,27)10-8-20)22-11-18(5-6-21(22)31(16)17(2)32)19-12-28-29(14-19)15-24(3,4)34/h5-6,11-12,14,16,20,34H,7-10,13,15H2,1-4H3. The van der Waals surface area contributed by atoms with Gasteiger partial charge in [0.2, 0.25) is 11.8 Å². The summed E-state index contributed by atoms with van der Waals surface area (Å²) in [5, 5.41) is 14.4. The van der Waals surface area contributed by atoms with E-state index in [1.165, 1.54) is 11.8 Å². The quantitative estimate of drug-likeness (QED) is 0.677. The van der Waals surface area contributed by atoms with Crippen molar-refractivity contribution in [2.45, 2.75) is 83.6 Å². The molecule has 2 aliphatic rings. The third kappa shape index (κ3) is 5.63.